The summed E-state index contributed by atoms with van der Waals surface area (Å²) in [7, 11) is 0. The summed E-state index contributed by atoms with van der Waals surface area (Å²) in [5.74, 6) is 0. The van der Waals surface area contributed by atoms with Crippen molar-refractivity contribution in [1.29, 1.82) is 0 Å². The maximum atomic E-state index is 4.41. The second kappa shape index (κ2) is 6.37. The molecule has 4 rings (SSSR count). The third-order valence-corrected chi connectivity index (χ3v) is 4.63. The van der Waals surface area contributed by atoms with Gasteiger partial charge in [-0.05, 0) is 28.7 Å². The van der Waals surface area contributed by atoms with Gasteiger partial charge in [-0.2, -0.15) is 0 Å². The van der Waals surface area contributed by atoms with Crippen LogP contribution >= 0.6 is 0 Å². The molecule has 0 saturated carbocycles. The van der Waals surface area contributed by atoms with Gasteiger partial charge in [0, 0.05) is 17.1 Å². The summed E-state index contributed by atoms with van der Waals surface area (Å²) in [6, 6.07) is 18.8. The van der Waals surface area contributed by atoms with Crippen LogP contribution < -0.4 is 0 Å². The Labute approximate surface area is 153 Å². The molecule has 0 bridgehead atoms. The molecule has 2 heterocycles. The fraction of sp³-hybridized carbons (Fsp3) is 0.227. The van der Waals surface area contributed by atoms with E-state index < -0.39 is 0 Å². The molecule has 4 heteroatoms. The second-order valence-corrected chi connectivity index (χ2v) is 7.62. The van der Waals surface area contributed by atoms with Crippen molar-refractivity contribution < 1.29 is 0 Å². The lowest BCUT2D eigenvalue weighted by Gasteiger charge is -2.19. The minimum absolute atomic E-state index is 0.168. The van der Waals surface area contributed by atoms with Crippen LogP contribution in [0, 0.1) is 0 Å². The molecule has 26 heavy (non-hydrogen) atoms. The van der Waals surface area contributed by atoms with Gasteiger partial charge in [-0.25, -0.2) is 4.68 Å². The molecule has 0 unspecified atom stereocenters. The average molecular weight is 342 g/mol. The van der Waals surface area contributed by atoms with Crippen LogP contribution in [0.2, 0.25) is 0 Å². The molecule has 130 valence electrons. The van der Waals surface area contributed by atoms with E-state index in [1.807, 2.05) is 41.3 Å². The van der Waals surface area contributed by atoms with Crippen LogP contribution in [0.25, 0.3) is 22.2 Å². The number of hydrogen-bond acceptors (Lipinski definition) is 3. The van der Waals surface area contributed by atoms with Crippen molar-refractivity contribution in [2.45, 2.75) is 32.7 Å². The summed E-state index contributed by atoms with van der Waals surface area (Å²) in [4.78, 5) is 4.41. The molecule has 0 saturated heterocycles. The van der Waals surface area contributed by atoms with Crippen LogP contribution in [0.5, 0.6) is 0 Å². The summed E-state index contributed by atoms with van der Waals surface area (Å²) >= 11 is 0. The number of benzene rings is 2. The molecule has 2 aromatic carbocycles. The van der Waals surface area contributed by atoms with Gasteiger partial charge in [0.25, 0.3) is 0 Å². The predicted octanol–water partition coefficient (Wildman–Crippen LogP) is 4.84. The summed E-state index contributed by atoms with van der Waals surface area (Å²) in [6.45, 7) is 7.39. The van der Waals surface area contributed by atoms with Gasteiger partial charge >= 0.3 is 0 Å². The molecule has 4 aromatic rings. The van der Waals surface area contributed by atoms with E-state index >= 15 is 0 Å². The number of fused-ring (bicyclic) bond motifs is 1. The summed E-state index contributed by atoms with van der Waals surface area (Å²) in [6.07, 6.45) is 3.82. The maximum Gasteiger partial charge on any atom is 0.113 e. The molecule has 0 amide bonds. The second-order valence-electron chi connectivity index (χ2n) is 7.62. The highest BCUT2D eigenvalue weighted by Gasteiger charge is 2.13. The molecule has 0 radical (unpaired) electrons. The third kappa shape index (κ3) is 3.23. The zero-order valence-electron chi connectivity index (χ0n) is 15.3. The van der Waals surface area contributed by atoms with E-state index in [-0.39, 0.29) is 5.41 Å². The van der Waals surface area contributed by atoms with Crippen LogP contribution in [0.3, 0.4) is 0 Å². The molecular weight excluding hydrogens is 320 g/mol. The number of nitrogens with zero attached hydrogens (tertiary/aromatic N) is 4. The minimum atomic E-state index is 0.168. The average Bonchev–Trinajstić information content (AvgIpc) is 3.09. The minimum Gasteiger partial charge on any atom is -0.256 e. The first kappa shape index (κ1) is 16.5. The van der Waals surface area contributed by atoms with Gasteiger partial charge in [0.1, 0.15) is 5.69 Å². The van der Waals surface area contributed by atoms with Crippen molar-refractivity contribution in [3.63, 3.8) is 0 Å². The van der Waals surface area contributed by atoms with Crippen molar-refractivity contribution in [1.82, 2.24) is 20.0 Å². The lowest BCUT2D eigenvalue weighted by Crippen LogP contribution is -2.11. The maximum absolute atomic E-state index is 4.41. The normalized spacial score (nSPS) is 11.8. The van der Waals surface area contributed by atoms with Crippen molar-refractivity contribution in [2.24, 2.45) is 0 Å². The highest BCUT2D eigenvalue weighted by atomic mass is 15.4. The number of pyridine rings is 1. The zero-order chi connectivity index (χ0) is 18.1. The first-order chi connectivity index (χ1) is 12.5. The first-order valence-electron chi connectivity index (χ1n) is 8.84. The Balaban J connectivity index is 1.60. The number of para-hydroxylation sites is 1. The number of hydrogen-bond donors (Lipinski definition) is 0. The summed E-state index contributed by atoms with van der Waals surface area (Å²) < 4.78 is 1.89. The van der Waals surface area contributed by atoms with Crippen LogP contribution in [-0.2, 0) is 12.0 Å². The molecule has 0 fully saturated rings. The fourth-order valence-corrected chi connectivity index (χ4v) is 3.12. The molecule has 0 aliphatic carbocycles. The molecule has 0 aliphatic rings. The standard InChI is InChI=1S/C22H22N4/c1-22(2,3)17-10-8-16(9-11-17)14-26-15-21(24-25-26)19-12-13-23-20-7-5-4-6-18(19)20/h4-13,15H,14H2,1-3H3. The molecule has 0 aliphatic heterocycles. The van der Waals surface area contributed by atoms with E-state index in [0.717, 1.165) is 22.2 Å². The Kier molecular flexibility index (Phi) is 4.03. The van der Waals surface area contributed by atoms with Gasteiger partial charge in [-0.15, -0.1) is 5.10 Å². The van der Waals surface area contributed by atoms with Crippen LogP contribution in [0.4, 0.5) is 0 Å². The lowest BCUT2D eigenvalue weighted by molar-refractivity contribution is 0.589. The first-order valence-corrected chi connectivity index (χ1v) is 8.84. The fourth-order valence-electron chi connectivity index (χ4n) is 3.12. The Morgan fingerprint density at radius 3 is 2.46 bits per heavy atom. The van der Waals surface area contributed by atoms with Crippen molar-refractivity contribution in [3.8, 4) is 11.3 Å². The molecule has 4 nitrogen and oxygen atoms in total. The Hall–Kier alpha value is -3.01. The van der Waals surface area contributed by atoms with Crippen LogP contribution in [-0.4, -0.2) is 20.0 Å². The number of rotatable bonds is 3. The van der Waals surface area contributed by atoms with Crippen molar-refractivity contribution >= 4 is 10.9 Å². The van der Waals surface area contributed by atoms with E-state index in [4.69, 9.17) is 0 Å². The van der Waals surface area contributed by atoms with Crippen molar-refractivity contribution in [2.75, 3.05) is 0 Å². The Morgan fingerprint density at radius 1 is 0.923 bits per heavy atom. The third-order valence-electron chi connectivity index (χ3n) is 4.63. The van der Waals surface area contributed by atoms with Gasteiger partial charge in [0.05, 0.1) is 18.3 Å². The molecule has 0 spiro atoms. The summed E-state index contributed by atoms with van der Waals surface area (Å²) in [5, 5.41) is 9.78. The Bertz CT molecular complexity index is 1030. The summed E-state index contributed by atoms with van der Waals surface area (Å²) in [5.41, 5.74) is 5.62. The zero-order valence-corrected chi connectivity index (χ0v) is 15.3. The van der Waals surface area contributed by atoms with E-state index in [2.05, 4.69) is 66.4 Å². The quantitative estimate of drug-likeness (QED) is 0.535. The van der Waals surface area contributed by atoms with Crippen LogP contribution in [0.1, 0.15) is 31.9 Å². The van der Waals surface area contributed by atoms with E-state index in [9.17, 15) is 0 Å². The van der Waals surface area contributed by atoms with Gasteiger partial charge in [-0.3, -0.25) is 4.98 Å². The van der Waals surface area contributed by atoms with Gasteiger partial charge in [0.15, 0.2) is 0 Å². The predicted molar refractivity (Wildman–Crippen MR) is 105 cm³/mol. The molecule has 0 atom stereocenters. The largest absolute Gasteiger partial charge is 0.256 e. The smallest absolute Gasteiger partial charge is 0.113 e. The highest BCUT2D eigenvalue weighted by Crippen LogP contribution is 2.26. The topological polar surface area (TPSA) is 43.6 Å². The van der Waals surface area contributed by atoms with E-state index in [1.54, 1.807) is 0 Å². The molecular formula is C22H22N4. The Morgan fingerprint density at radius 2 is 1.69 bits per heavy atom. The SMILES string of the molecule is CC(C)(C)c1ccc(Cn2cc(-c3ccnc4ccccc34)nn2)cc1. The van der Waals surface area contributed by atoms with Crippen molar-refractivity contribution in [3.05, 3.63) is 78.1 Å². The monoisotopic (exact) mass is 342 g/mol. The van der Waals surface area contributed by atoms with Gasteiger partial charge in [-0.1, -0.05) is 68.4 Å². The number of aromatic nitrogens is 4. The van der Waals surface area contributed by atoms with E-state index in [0.29, 0.717) is 6.54 Å². The van der Waals surface area contributed by atoms with Gasteiger partial charge < -0.3 is 0 Å². The van der Waals surface area contributed by atoms with E-state index in [1.165, 1.54) is 11.1 Å². The molecule has 2 aromatic heterocycles. The highest BCUT2D eigenvalue weighted by molar-refractivity contribution is 5.92. The lowest BCUT2D eigenvalue weighted by atomic mass is 9.87. The van der Waals surface area contributed by atoms with Crippen LogP contribution in [0.15, 0.2) is 67.0 Å². The van der Waals surface area contributed by atoms with Gasteiger partial charge in [0.2, 0.25) is 0 Å². The molecule has 0 N–H and O–H groups in total.